The van der Waals surface area contributed by atoms with Gasteiger partial charge in [0, 0.05) is 10.5 Å². The van der Waals surface area contributed by atoms with E-state index in [-0.39, 0.29) is 17.2 Å². The van der Waals surface area contributed by atoms with Gasteiger partial charge in [0.2, 0.25) is 5.75 Å². The summed E-state index contributed by atoms with van der Waals surface area (Å²) in [6.45, 7) is 0. The first-order chi connectivity index (χ1) is 9.11. The van der Waals surface area contributed by atoms with E-state index in [9.17, 15) is 14.9 Å². The van der Waals surface area contributed by atoms with Gasteiger partial charge in [0.1, 0.15) is 5.75 Å². The van der Waals surface area contributed by atoms with Gasteiger partial charge in [0.15, 0.2) is 6.29 Å². The minimum atomic E-state index is -0.533. The number of carbonyl (C=O) groups is 1. The number of aldehydes is 1. The van der Waals surface area contributed by atoms with Crippen molar-refractivity contribution in [1.82, 2.24) is 0 Å². The Hall–Kier alpha value is -2.21. The van der Waals surface area contributed by atoms with Crippen molar-refractivity contribution in [2.45, 2.75) is 0 Å². The lowest BCUT2D eigenvalue weighted by molar-refractivity contribution is -0.385. The van der Waals surface area contributed by atoms with Crippen LogP contribution < -0.4 is 4.74 Å². The van der Waals surface area contributed by atoms with E-state index in [1.165, 1.54) is 12.1 Å². The smallest absolute Gasteiger partial charge is 0.311 e. The van der Waals surface area contributed by atoms with Crippen LogP contribution in [0, 0.1) is 10.1 Å². The van der Waals surface area contributed by atoms with Crippen molar-refractivity contribution in [3.05, 3.63) is 62.6 Å². The monoisotopic (exact) mass is 321 g/mol. The standard InChI is InChI=1S/C13H8BrNO4/c14-10-5-6-12(9(7-10)8-16)19-13-4-2-1-3-11(13)15(17)18/h1-8H. The molecule has 2 aromatic carbocycles. The fourth-order valence-corrected chi connectivity index (χ4v) is 1.90. The average molecular weight is 322 g/mol. The summed E-state index contributed by atoms with van der Waals surface area (Å²) in [5.74, 6) is 0.366. The molecule has 5 nitrogen and oxygen atoms in total. The summed E-state index contributed by atoms with van der Waals surface area (Å²) in [4.78, 5) is 21.3. The van der Waals surface area contributed by atoms with Crippen molar-refractivity contribution in [2.75, 3.05) is 0 Å². The number of carbonyl (C=O) groups excluding carboxylic acids is 1. The molecule has 0 radical (unpaired) electrons. The third kappa shape index (κ3) is 2.97. The molecule has 0 aromatic heterocycles. The number of nitro groups is 1. The van der Waals surface area contributed by atoms with Crippen LogP contribution in [0.2, 0.25) is 0 Å². The molecule has 6 heteroatoms. The average Bonchev–Trinajstić information content (AvgIpc) is 2.41. The number of ether oxygens (including phenoxy) is 1. The van der Waals surface area contributed by atoms with Crippen LogP contribution in [-0.4, -0.2) is 11.2 Å². The van der Waals surface area contributed by atoms with Gasteiger partial charge in [-0.15, -0.1) is 0 Å². The van der Waals surface area contributed by atoms with Crippen molar-refractivity contribution in [2.24, 2.45) is 0 Å². The maximum absolute atomic E-state index is 11.0. The zero-order valence-corrected chi connectivity index (χ0v) is 11.2. The summed E-state index contributed by atoms with van der Waals surface area (Å²) >= 11 is 3.24. The predicted octanol–water partition coefficient (Wildman–Crippen LogP) is 3.96. The molecule has 19 heavy (non-hydrogen) atoms. The van der Waals surface area contributed by atoms with Crippen molar-refractivity contribution in [3.63, 3.8) is 0 Å². The predicted molar refractivity (Wildman–Crippen MR) is 72.7 cm³/mol. The topological polar surface area (TPSA) is 69.4 Å². The number of halogens is 1. The van der Waals surface area contributed by atoms with E-state index in [0.29, 0.717) is 11.8 Å². The summed E-state index contributed by atoms with van der Waals surface area (Å²) < 4.78 is 6.18. The first kappa shape index (κ1) is 13.2. The fraction of sp³-hybridized carbons (Fsp3) is 0. The third-order valence-electron chi connectivity index (χ3n) is 2.38. The van der Waals surface area contributed by atoms with Gasteiger partial charge in [-0.3, -0.25) is 14.9 Å². The first-order valence-electron chi connectivity index (χ1n) is 5.28. The minimum absolute atomic E-state index is 0.0953. The van der Waals surface area contributed by atoms with Gasteiger partial charge in [-0.25, -0.2) is 0 Å². The van der Waals surface area contributed by atoms with Crippen LogP contribution in [0.4, 0.5) is 5.69 Å². The van der Waals surface area contributed by atoms with Crippen LogP contribution >= 0.6 is 15.9 Å². The van der Waals surface area contributed by atoms with Crippen molar-refractivity contribution in [3.8, 4) is 11.5 Å². The van der Waals surface area contributed by atoms with Crippen LogP contribution in [0.3, 0.4) is 0 Å². The number of para-hydroxylation sites is 2. The van der Waals surface area contributed by atoms with Crippen LogP contribution in [0.1, 0.15) is 10.4 Å². The molecule has 0 saturated carbocycles. The van der Waals surface area contributed by atoms with Gasteiger partial charge in [0.05, 0.1) is 10.5 Å². The molecule has 0 bridgehead atoms. The molecule has 0 saturated heterocycles. The van der Waals surface area contributed by atoms with Crippen LogP contribution in [0.15, 0.2) is 46.9 Å². The van der Waals surface area contributed by atoms with E-state index in [4.69, 9.17) is 4.74 Å². The zero-order valence-electron chi connectivity index (χ0n) is 9.58. The lowest BCUT2D eigenvalue weighted by atomic mass is 10.2. The van der Waals surface area contributed by atoms with Gasteiger partial charge in [-0.2, -0.15) is 0 Å². The molecule has 2 aromatic rings. The molecular formula is C13H8BrNO4. The Morgan fingerprint density at radius 1 is 1.16 bits per heavy atom. The molecule has 96 valence electrons. The zero-order chi connectivity index (χ0) is 13.8. The second-order valence-electron chi connectivity index (χ2n) is 3.63. The first-order valence-corrected chi connectivity index (χ1v) is 6.07. The number of rotatable bonds is 4. The molecule has 0 atom stereocenters. The summed E-state index contributed by atoms with van der Waals surface area (Å²) in [5, 5.41) is 10.9. The van der Waals surface area contributed by atoms with E-state index in [1.807, 2.05) is 0 Å². The van der Waals surface area contributed by atoms with E-state index >= 15 is 0 Å². The lowest BCUT2D eigenvalue weighted by Crippen LogP contribution is -1.95. The Bertz CT molecular complexity index is 642. The highest BCUT2D eigenvalue weighted by molar-refractivity contribution is 9.10. The molecule has 0 amide bonds. The van der Waals surface area contributed by atoms with Crippen molar-refractivity contribution < 1.29 is 14.5 Å². The van der Waals surface area contributed by atoms with Gasteiger partial charge >= 0.3 is 5.69 Å². The second kappa shape index (κ2) is 5.62. The van der Waals surface area contributed by atoms with Crippen LogP contribution in [0.5, 0.6) is 11.5 Å². The van der Waals surface area contributed by atoms with Crippen LogP contribution in [0.25, 0.3) is 0 Å². The molecule has 0 heterocycles. The van der Waals surface area contributed by atoms with Gasteiger partial charge in [-0.05, 0) is 24.3 Å². The molecule has 0 fully saturated rings. The van der Waals surface area contributed by atoms with E-state index < -0.39 is 4.92 Å². The molecule has 0 unspecified atom stereocenters. The van der Waals surface area contributed by atoms with Crippen molar-refractivity contribution >= 4 is 27.9 Å². The Morgan fingerprint density at radius 2 is 1.89 bits per heavy atom. The third-order valence-corrected chi connectivity index (χ3v) is 2.87. The molecule has 2 rings (SSSR count). The summed E-state index contributed by atoms with van der Waals surface area (Å²) in [5.41, 5.74) is 0.162. The van der Waals surface area contributed by atoms with E-state index in [2.05, 4.69) is 15.9 Å². The fourth-order valence-electron chi connectivity index (χ4n) is 1.52. The SMILES string of the molecule is O=Cc1cc(Br)ccc1Oc1ccccc1[N+](=O)[O-]. The quantitative estimate of drug-likeness (QED) is 0.485. The molecule has 0 aliphatic heterocycles. The van der Waals surface area contributed by atoms with Gasteiger partial charge < -0.3 is 4.74 Å². The Labute approximate surface area is 117 Å². The Balaban J connectivity index is 2.42. The summed E-state index contributed by atoms with van der Waals surface area (Å²) in [6.07, 6.45) is 0.634. The molecule has 0 aliphatic rings. The molecule has 0 aliphatic carbocycles. The summed E-state index contributed by atoms with van der Waals surface area (Å²) in [6, 6.07) is 10.8. The molecule has 0 N–H and O–H groups in total. The number of hydrogen-bond donors (Lipinski definition) is 0. The Kier molecular flexibility index (Phi) is 3.91. The largest absolute Gasteiger partial charge is 0.449 e. The summed E-state index contributed by atoms with van der Waals surface area (Å²) in [7, 11) is 0. The van der Waals surface area contributed by atoms with Crippen molar-refractivity contribution in [1.29, 1.82) is 0 Å². The second-order valence-corrected chi connectivity index (χ2v) is 4.54. The number of nitrogens with zero attached hydrogens (tertiary/aromatic N) is 1. The number of nitro benzene ring substituents is 1. The highest BCUT2D eigenvalue weighted by Gasteiger charge is 2.15. The maximum atomic E-state index is 11.0. The highest BCUT2D eigenvalue weighted by atomic mass is 79.9. The normalized spacial score (nSPS) is 9.95. The minimum Gasteiger partial charge on any atom is -0.449 e. The highest BCUT2D eigenvalue weighted by Crippen LogP contribution is 2.33. The van der Waals surface area contributed by atoms with Gasteiger partial charge in [-0.1, -0.05) is 28.1 Å². The number of benzene rings is 2. The maximum Gasteiger partial charge on any atom is 0.311 e. The van der Waals surface area contributed by atoms with E-state index in [1.54, 1.807) is 30.3 Å². The molecular weight excluding hydrogens is 314 g/mol. The number of hydrogen-bond acceptors (Lipinski definition) is 4. The molecule has 0 spiro atoms. The lowest BCUT2D eigenvalue weighted by Gasteiger charge is -2.08. The van der Waals surface area contributed by atoms with Crippen LogP contribution in [-0.2, 0) is 0 Å². The Morgan fingerprint density at radius 3 is 2.58 bits per heavy atom. The van der Waals surface area contributed by atoms with Gasteiger partial charge in [0.25, 0.3) is 0 Å². The van der Waals surface area contributed by atoms with E-state index in [0.717, 1.165) is 4.47 Å².